The molecule has 0 saturated heterocycles. The highest BCUT2D eigenvalue weighted by Crippen LogP contribution is 2.29. The summed E-state index contributed by atoms with van der Waals surface area (Å²) in [5.74, 6) is 0. The van der Waals surface area contributed by atoms with E-state index in [-0.39, 0.29) is 10.9 Å². The average Bonchev–Trinajstić information content (AvgIpc) is 2.75. The van der Waals surface area contributed by atoms with Gasteiger partial charge < -0.3 is 5.73 Å². The monoisotopic (exact) mass is 286 g/mol. The molecule has 4 nitrogen and oxygen atoms in total. The second-order valence-corrected chi connectivity index (χ2v) is 7.30. The molecule has 0 radical (unpaired) electrons. The van der Waals surface area contributed by atoms with Gasteiger partial charge in [-0.25, -0.2) is 13.1 Å². The third-order valence-electron chi connectivity index (χ3n) is 3.23. The molecule has 2 atom stereocenters. The third kappa shape index (κ3) is 2.99. The van der Waals surface area contributed by atoms with Crippen LogP contribution >= 0.6 is 11.8 Å². The van der Waals surface area contributed by atoms with E-state index in [9.17, 15) is 8.42 Å². The van der Waals surface area contributed by atoms with Crippen LogP contribution in [0.2, 0.25) is 0 Å². The van der Waals surface area contributed by atoms with E-state index in [0.717, 1.165) is 19.3 Å². The van der Waals surface area contributed by atoms with E-state index in [4.69, 9.17) is 5.73 Å². The number of nitrogens with one attached hydrogen (secondary N) is 1. The molecule has 1 aromatic rings. The van der Waals surface area contributed by atoms with Gasteiger partial charge >= 0.3 is 0 Å². The Kier molecular flexibility index (Phi) is 4.19. The van der Waals surface area contributed by atoms with Gasteiger partial charge in [0.25, 0.3) is 0 Å². The standard InChI is InChI=1S/C12H18N2O2S2/c1-17-12-7-3-6-11(12)14-18(15,16)10-5-2-4-9(13)8-10/h2,4-5,8,11-12,14H,3,6-7,13H2,1H3. The van der Waals surface area contributed by atoms with Crippen LogP contribution in [0, 0.1) is 0 Å². The molecular formula is C12H18N2O2S2. The van der Waals surface area contributed by atoms with Gasteiger partial charge in [0.1, 0.15) is 0 Å². The van der Waals surface area contributed by atoms with E-state index in [1.165, 1.54) is 6.07 Å². The highest BCUT2D eigenvalue weighted by Gasteiger charge is 2.30. The molecule has 1 fully saturated rings. The molecule has 0 amide bonds. The van der Waals surface area contributed by atoms with Crippen molar-refractivity contribution in [1.29, 1.82) is 0 Å². The van der Waals surface area contributed by atoms with Crippen molar-refractivity contribution in [1.82, 2.24) is 4.72 Å². The van der Waals surface area contributed by atoms with Crippen molar-refractivity contribution in [3.8, 4) is 0 Å². The van der Waals surface area contributed by atoms with E-state index in [0.29, 0.717) is 10.9 Å². The lowest BCUT2D eigenvalue weighted by Crippen LogP contribution is -2.38. The first-order valence-electron chi connectivity index (χ1n) is 5.93. The number of sulfonamides is 1. The smallest absolute Gasteiger partial charge is 0.240 e. The number of thioether (sulfide) groups is 1. The summed E-state index contributed by atoms with van der Waals surface area (Å²) in [7, 11) is -3.45. The van der Waals surface area contributed by atoms with Crippen molar-refractivity contribution in [2.24, 2.45) is 0 Å². The maximum absolute atomic E-state index is 12.2. The normalized spacial score (nSPS) is 24.3. The molecule has 2 rings (SSSR count). The Bertz CT molecular complexity index is 517. The fraction of sp³-hybridized carbons (Fsp3) is 0.500. The molecular weight excluding hydrogens is 268 g/mol. The number of anilines is 1. The lowest BCUT2D eigenvalue weighted by Gasteiger charge is -2.19. The maximum Gasteiger partial charge on any atom is 0.240 e. The Hall–Kier alpha value is -0.720. The quantitative estimate of drug-likeness (QED) is 0.828. The van der Waals surface area contributed by atoms with Crippen molar-refractivity contribution in [3.63, 3.8) is 0 Å². The molecule has 0 aromatic heterocycles. The Morgan fingerprint density at radius 2 is 2.17 bits per heavy atom. The molecule has 18 heavy (non-hydrogen) atoms. The predicted octanol–water partition coefficient (Wildman–Crippen LogP) is 1.83. The second-order valence-electron chi connectivity index (χ2n) is 4.51. The number of rotatable bonds is 4. The number of nitrogen functional groups attached to an aromatic ring is 1. The van der Waals surface area contributed by atoms with Gasteiger partial charge in [0.05, 0.1) is 4.90 Å². The van der Waals surface area contributed by atoms with Gasteiger partial charge in [-0.2, -0.15) is 11.8 Å². The van der Waals surface area contributed by atoms with Crippen LogP contribution in [0.4, 0.5) is 5.69 Å². The molecule has 0 heterocycles. The Morgan fingerprint density at radius 1 is 1.39 bits per heavy atom. The Morgan fingerprint density at radius 3 is 2.83 bits per heavy atom. The predicted molar refractivity (Wildman–Crippen MR) is 76.1 cm³/mol. The zero-order valence-electron chi connectivity index (χ0n) is 10.3. The summed E-state index contributed by atoms with van der Waals surface area (Å²) in [6.45, 7) is 0. The molecule has 2 unspecified atom stereocenters. The molecule has 0 aliphatic heterocycles. The van der Waals surface area contributed by atoms with Crippen LogP contribution < -0.4 is 10.5 Å². The van der Waals surface area contributed by atoms with Crippen molar-refractivity contribution in [2.75, 3.05) is 12.0 Å². The molecule has 0 bridgehead atoms. The minimum absolute atomic E-state index is 0.0337. The fourth-order valence-electron chi connectivity index (χ4n) is 2.29. The SMILES string of the molecule is CSC1CCCC1NS(=O)(=O)c1cccc(N)c1. The summed E-state index contributed by atoms with van der Waals surface area (Å²) in [5, 5.41) is 0.376. The van der Waals surface area contributed by atoms with Crippen molar-refractivity contribution >= 4 is 27.5 Å². The summed E-state index contributed by atoms with van der Waals surface area (Å²) < 4.78 is 27.2. The van der Waals surface area contributed by atoms with Crippen LogP contribution in [-0.2, 0) is 10.0 Å². The average molecular weight is 286 g/mol. The molecule has 6 heteroatoms. The minimum atomic E-state index is -3.45. The summed E-state index contributed by atoms with van der Waals surface area (Å²) >= 11 is 1.73. The van der Waals surface area contributed by atoms with E-state index in [1.807, 2.05) is 6.26 Å². The van der Waals surface area contributed by atoms with Crippen molar-refractivity contribution in [3.05, 3.63) is 24.3 Å². The zero-order chi connectivity index (χ0) is 13.2. The Balaban J connectivity index is 2.17. The first-order chi connectivity index (χ1) is 8.53. The van der Waals surface area contributed by atoms with Crippen LogP contribution in [-0.4, -0.2) is 26.0 Å². The number of nitrogens with two attached hydrogens (primary N) is 1. The molecule has 1 saturated carbocycles. The highest BCUT2D eigenvalue weighted by molar-refractivity contribution is 7.99. The highest BCUT2D eigenvalue weighted by atomic mass is 32.2. The minimum Gasteiger partial charge on any atom is -0.399 e. The molecule has 1 aliphatic carbocycles. The van der Waals surface area contributed by atoms with Gasteiger partial charge in [-0.1, -0.05) is 12.5 Å². The summed E-state index contributed by atoms with van der Waals surface area (Å²) in [6, 6.07) is 6.43. The molecule has 1 aromatic carbocycles. The van der Waals surface area contributed by atoms with Gasteiger partial charge in [0.15, 0.2) is 0 Å². The van der Waals surface area contributed by atoms with Crippen LogP contribution in [0.3, 0.4) is 0 Å². The number of hydrogen-bond donors (Lipinski definition) is 2. The molecule has 0 spiro atoms. The van der Waals surface area contributed by atoms with Crippen LogP contribution in [0.25, 0.3) is 0 Å². The van der Waals surface area contributed by atoms with E-state index >= 15 is 0 Å². The number of benzene rings is 1. The summed E-state index contributed by atoms with van der Waals surface area (Å²) in [6.07, 6.45) is 5.09. The summed E-state index contributed by atoms with van der Waals surface area (Å²) in [5.41, 5.74) is 6.08. The molecule has 1 aliphatic rings. The zero-order valence-corrected chi connectivity index (χ0v) is 11.9. The van der Waals surface area contributed by atoms with Gasteiger partial charge in [0.2, 0.25) is 10.0 Å². The second kappa shape index (κ2) is 5.50. The van der Waals surface area contributed by atoms with E-state index in [2.05, 4.69) is 4.72 Å². The molecule has 3 N–H and O–H groups in total. The van der Waals surface area contributed by atoms with Crippen LogP contribution in [0.5, 0.6) is 0 Å². The van der Waals surface area contributed by atoms with E-state index < -0.39 is 10.0 Å². The van der Waals surface area contributed by atoms with E-state index in [1.54, 1.807) is 30.0 Å². The van der Waals surface area contributed by atoms with Gasteiger partial charge in [-0.15, -0.1) is 0 Å². The topological polar surface area (TPSA) is 72.2 Å². The summed E-state index contributed by atoms with van der Waals surface area (Å²) in [4.78, 5) is 0.245. The van der Waals surface area contributed by atoms with Gasteiger partial charge in [0, 0.05) is 17.0 Å². The maximum atomic E-state index is 12.2. The van der Waals surface area contributed by atoms with Crippen molar-refractivity contribution in [2.45, 2.75) is 35.4 Å². The van der Waals surface area contributed by atoms with Gasteiger partial charge in [-0.05, 0) is 37.3 Å². The third-order valence-corrected chi connectivity index (χ3v) is 5.89. The van der Waals surface area contributed by atoms with Gasteiger partial charge in [-0.3, -0.25) is 0 Å². The lowest BCUT2D eigenvalue weighted by molar-refractivity contribution is 0.555. The largest absolute Gasteiger partial charge is 0.399 e. The first-order valence-corrected chi connectivity index (χ1v) is 8.71. The molecule has 100 valence electrons. The van der Waals surface area contributed by atoms with Crippen molar-refractivity contribution < 1.29 is 8.42 Å². The first kappa shape index (κ1) is 13.7. The van der Waals surface area contributed by atoms with Crippen LogP contribution in [0.15, 0.2) is 29.2 Å². The number of hydrogen-bond acceptors (Lipinski definition) is 4. The van der Waals surface area contributed by atoms with Crippen LogP contribution in [0.1, 0.15) is 19.3 Å². The Labute approximate surface area is 112 Å². The fourth-order valence-corrected chi connectivity index (χ4v) is 4.68. The lowest BCUT2D eigenvalue weighted by atomic mass is 10.3.